The Balaban J connectivity index is 1.83. The molecule has 0 bridgehead atoms. The Labute approximate surface area is 150 Å². The van der Waals surface area contributed by atoms with Crippen LogP contribution >= 0.6 is 15.9 Å². The first-order valence-electron chi connectivity index (χ1n) is 8.00. The smallest absolute Gasteiger partial charge is 0.228 e. The monoisotopic (exact) mass is 385 g/mol. The predicted molar refractivity (Wildman–Crippen MR) is 102 cm³/mol. The molecule has 1 amide bonds. The number of rotatable bonds is 4. The van der Waals surface area contributed by atoms with E-state index < -0.39 is 0 Å². The number of hydrogen-bond donors (Lipinski definition) is 1. The summed E-state index contributed by atoms with van der Waals surface area (Å²) < 4.78 is 6.63. The van der Waals surface area contributed by atoms with Gasteiger partial charge in [-0.15, -0.1) is 0 Å². The number of amides is 1. The van der Waals surface area contributed by atoms with Crippen LogP contribution in [0.4, 0.5) is 5.69 Å². The topological polar surface area (TPSA) is 42.2 Å². The van der Waals surface area contributed by atoms with E-state index in [1.165, 1.54) is 11.1 Å². The molecule has 0 aliphatic heterocycles. The zero-order chi connectivity index (χ0) is 17.3. The van der Waals surface area contributed by atoms with Crippen molar-refractivity contribution in [2.45, 2.75) is 33.1 Å². The summed E-state index contributed by atoms with van der Waals surface area (Å²) >= 11 is 3.39. The van der Waals surface area contributed by atoms with Crippen molar-refractivity contribution < 1.29 is 9.21 Å². The van der Waals surface area contributed by atoms with Gasteiger partial charge >= 0.3 is 0 Å². The summed E-state index contributed by atoms with van der Waals surface area (Å²) in [6, 6.07) is 11.8. The molecule has 3 aromatic rings. The van der Waals surface area contributed by atoms with Gasteiger partial charge in [-0.1, -0.05) is 29.8 Å². The number of fused-ring (bicyclic) bond motifs is 1. The third kappa shape index (κ3) is 3.54. The summed E-state index contributed by atoms with van der Waals surface area (Å²) in [7, 11) is 0. The van der Waals surface area contributed by atoms with Gasteiger partial charge < -0.3 is 9.73 Å². The lowest BCUT2D eigenvalue weighted by atomic mass is 9.95. The second-order valence-electron chi connectivity index (χ2n) is 6.35. The van der Waals surface area contributed by atoms with E-state index in [2.05, 4.69) is 54.2 Å². The molecule has 0 aliphatic carbocycles. The molecular formula is C20H20BrNO2. The highest BCUT2D eigenvalue weighted by Crippen LogP contribution is 2.29. The van der Waals surface area contributed by atoms with Crippen LogP contribution in [0.15, 0.2) is 51.6 Å². The molecule has 1 heterocycles. The van der Waals surface area contributed by atoms with Gasteiger partial charge in [-0.25, -0.2) is 0 Å². The standard InChI is InChI=1S/C20H20BrNO2/c1-12(2)17-10-18-14(11-24-19(18)8-13(17)3)9-20(23)22-16-6-4-15(21)5-7-16/h4-8,10-12H,9H2,1-3H3,(H,22,23). The molecule has 124 valence electrons. The van der Waals surface area contributed by atoms with Gasteiger partial charge in [0.25, 0.3) is 0 Å². The quantitative estimate of drug-likeness (QED) is 0.615. The van der Waals surface area contributed by atoms with Crippen molar-refractivity contribution in [3.8, 4) is 0 Å². The fraction of sp³-hybridized carbons (Fsp3) is 0.250. The summed E-state index contributed by atoms with van der Waals surface area (Å²) in [6.07, 6.45) is 1.99. The van der Waals surface area contributed by atoms with E-state index in [4.69, 9.17) is 4.42 Å². The molecule has 0 atom stereocenters. The number of anilines is 1. The maximum absolute atomic E-state index is 12.3. The Hall–Kier alpha value is -2.07. The third-order valence-electron chi connectivity index (χ3n) is 4.14. The first-order valence-corrected chi connectivity index (χ1v) is 8.79. The molecule has 3 rings (SSSR count). The van der Waals surface area contributed by atoms with Gasteiger partial charge in [-0.2, -0.15) is 0 Å². The fourth-order valence-electron chi connectivity index (χ4n) is 2.92. The van der Waals surface area contributed by atoms with Gasteiger partial charge in [-0.3, -0.25) is 4.79 Å². The number of carbonyl (C=O) groups is 1. The molecule has 24 heavy (non-hydrogen) atoms. The SMILES string of the molecule is Cc1cc2occ(CC(=O)Nc3ccc(Br)cc3)c2cc1C(C)C. The molecule has 0 radical (unpaired) electrons. The fourth-order valence-corrected chi connectivity index (χ4v) is 3.18. The maximum atomic E-state index is 12.3. The highest BCUT2D eigenvalue weighted by atomic mass is 79.9. The van der Waals surface area contributed by atoms with Crippen LogP contribution in [-0.4, -0.2) is 5.91 Å². The Kier molecular flexibility index (Phi) is 4.76. The first kappa shape index (κ1) is 16.8. The zero-order valence-electron chi connectivity index (χ0n) is 14.0. The van der Waals surface area contributed by atoms with Crippen LogP contribution in [0.2, 0.25) is 0 Å². The van der Waals surface area contributed by atoms with Gasteiger partial charge in [0.1, 0.15) is 5.58 Å². The van der Waals surface area contributed by atoms with Crippen LogP contribution in [0, 0.1) is 6.92 Å². The number of carbonyl (C=O) groups excluding carboxylic acids is 1. The second-order valence-corrected chi connectivity index (χ2v) is 7.27. The minimum absolute atomic E-state index is 0.0494. The minimum Gasteiger partial charge on any atom is -0.464 e. The number of nitrogens with one attached hydrogen (secondary N) is 1. The molecule has 0 fully saturated rings. The highest BCUT2D eigenvalue weighted by Gasteiger charge is 2.14. The lowest BCUT2D eigenvalue weighted by Crippen LogP contribution is -2.14. The normalized spacial score (nSPS) is 11.2. The average molecular weight is 386 g/mol. The number of halogens is 1. The van der Waals surface area contributed by atoms with Crippen LogP contribution in [0.25, 0.3) is 11.0 Å². The van der Waals surface area contributed by atoms with Gasteiger partial charge in [0.15, 0.2) is 0 Å². The Morgan fingerprint density at radius 2 is 1.92 bits per heavy atom. The van der Waals surface area contributed by atoms with E-state index in [1.54, 1.807) is 6.26 Å². The zero-order valence-corrected chi connectivity index (χ0v) is 15.6. The van der Waals surface area contributed by atoms with Gasteiger partial charge in [0, 0.05) is 21.1 Å². The molecule has 1 aromatic heterocycles. The van der Waals surface area contributed by atoms with E-state index in [9.17, 15) is 4.79 Å². The molecule has 0 saturated carbocycles. The second kappa shape index (κ2) is 6.81. The van der Waals surface area contributed by atoms with Gasteiger partial charge in [-0.05, 0) is 60.4 Å². The molecule has 1 N–H and O–H groups in total. The van der Waals surface area contributed by atoms with Crippen molar-refractivity contribution in [3.05, 3.63) is 63.8 Å². The lowest BCUT2D eigenvalue weighted by molar-refractivity contribution is -0.115. The molecule has 3 nitrogen and oxygen atoms in total. The van der Waals surface area contributed by atoms with Crippen LogP contribution in [0.5, 0.6) is 0 Å². The first-order chi connectivity index (χ1) is 11.4. The van der Waals surface area contributed by atoms with E-state index in [1.807, 2.05) is 24.3 Å². The molecule has 4 heteroatoms. The van der Waals surface area contributed by atoms with Crippen molar-refractivity contribution >= 4 is 38.5 Å². The summed E-state index contributed by atoms with van der Waals surface area (Å²) in [5.74, 6) is 0.389. The van der Waals surface area contributed by atoms with Gasteiger partial charge in [0.05, 0.1) is 12.7 Å². The van der Waals surface area contributed by atoms with Crippen molar-refractivity contribution in [3.63, 3.8) is 0 Å². The van der Waals surface area contributed by atoms with Gasteiger partial charge in [0.2, 0.25) is 5.91 Å². The Morgan fingerprint density at radius 3 is 2.58 bits per heavy atom. The molecule has 0 saturated heterocycles. The van der Waals surface area contributed by atoms with Crippen LogP contribution in [0.3, 0.4) is 0 Å². The van der Waals surface area contributed by atoms with Crippen LogP contribution in [0.1, 0.15) is 36.5 Å². The summed E-state index contributed by atoms with van der Waals surface area (Å²) in [5.41, 5.74) is 5.05. The number of furan rings is 1. The lowest BCUT2D eigenvalue weighted by Gasteiger charge is -2.10. The molecular weight excluding hydrogens is 366 g/mol. The molecule has 0 spiro atoms. The third-order valence-corrected chi connectivity index (χ3v) is 4.67. The van der Waals surface area contributed by atoms with Crippen molar-refractivity contribution in [2.75, 3.05) is 5.32 Å². The molecule has 0 aliphatic rings. The van der Waals surface area contributed by atoms with E-state index in [-0.39, 0.29) is 5.91 Å². The molecule has 0 unspecified atom stereocenters. The predicted octanol–water partition coefficient (Wildman–Crippen LogP) is 5.81. The van der Waals surface area contributed by atoms with E-state index >= 15 is 0 Å². The summed E-state index contributed by atoms with van der Waals surface area (Å²) in [4.78, 5) is 12.3. The Bertz CT molecular complexity index is 879. The Morgan fingerprint density at radius 1 is 1.21 bits per heavy atom. The largest absolute Gasteiger partial charge is 0.464 e. The molecule has 2 aromatic carbocycles. The van der Waals surface area contributed by atoms with E-state index in [0.717, 1.165) is 26.7 Å². The number of hydrogen-bond acceptors (Lipinski definition) is 2. The van der Waals surface area contributed by atoms with Crippen molar-refractivity contribution in [1.29, 1.82) is 0 Å². The number of benzene rings is 2. The van der Waals surface area contributed by atoms with Crippen LogP contribution in [-0.2, 0) is 11.2 Å². The summed E-state index contributed by atoms with van der Waals surface area (Å²) in [6.45, 7) is 6.44. The summed E-state index contributed by atoms with van der Waals surface area (Å²) in [5, 5.41) is 3.94. The van der Waals surface area contributed by atoms with Crippen LogP contribution < -0.4 is 5.32 Å². The maximum Gasteiger partial charge on any atom is 0.228 e. The highest BCUT2D eigenvalue weighted by molar-refractivity contribution is 9.10. The van der Waals surface area contributed by atoms with E-state index in [0.29, 0.717) is 12.3 Å². The number of aryl methyl sites for hydroxylation is 1. The minimum atomic E-state index is -0.0494. The average Bonchev–Trinajstić information content (AvgIpc) is 2.90. The van der Waals surface area contributed by atoms with Crippen molar-refractivity contribution in [1.82, 2.24) is 0 Å². The van der Waals surface area contributed by atoms with Crippen molar-refractivity contribution in [2.24, 2.45) is 0 Å².